The third kappa shape index (κ3) is 3.20. The Labute approximate surface area is 145 Å². The molecule has 4 rings (SSSR count). The molecule has 1 aromatic rings. The number of nitrogens with two attached hydrogens (primary N) is 1. The fraction of sp³-hybridized carbons (Fsp3) is 0.562. The lowest BCUT2D eigenvalue weighted by molar-refractivity contribution is -0.0888. The molecule has 0 spiro atoms. The lowest BCUT2D eigenvalue weighted by atomic mass is 9.78. The largest absolute Gasteiger partial charge is 0.535 e. The van der Waals surface area contributed by atoms with Crippen LogP contribution in [0.5, 0.6) is 11.5 Å². The van der Waals surface area contributed by atoms with E-state index in [4.69, 9.17) is 19.9 Å². The number of nitrogens with zero attached hydrogens (tertiary/aromatic N) is 1. The molecule has 2 fully saturated rings. The highest BCUT2D eigenvalue weighted by molar-refractivity contribution is 6.44. The summed E-state index contributed by atoms with van der Waals surface area (Å²) in [7, 11) is -0.981. The van der Waals surface area contributed by atoms with Gasteiger partial charge in [-0.25, -0.2) is 4.79 Å². The molecule has 4 N–H and O–H groups in total. The summed E-state index contributed by atoms with van der Waals surface area (Å²) < 4.78 is 16.4. The van der Waals surface area contributed by atoms with Crippen LogP contribution in [0.2, 0.25) is 6.32 Å². The number of aryl methyl sites for hydroxylation is 1. The number of carboxylic acids is 1. The zero-order chi connectivity index (χ0) is 17.6. The summed E-state index contributed by atoms with van der Waals surface area (Å²) in [6.07, 6.45) is 0.942. The van der Waals surface area contributed by atoms with Crippen LogP contribution in [0.4, 0.5) is 0 Å². The lowest BCUT2D eigenvalue weighted by Gasteiger charge is -2.47. The van der Waals surface area contributed by atoms with E-state index in [0.29, 0.717) is 39.0 Å². The first-order valence-electron chi connectivity index (χ1n) is 8.43. The molecule has 25 heavy (non-hydrogen) atoms. The van der Waals surface area contributed by atoms with Crippen LogP contribution in [-0.2, 0) is 11.2 Å². The molecule has 2 saturated heterocycles. The Morgan fingerprint density at radius 1 is 1.44 bits per heavy atom. The summed E-state index contributed by atoms with van der Waals surface area (Å²) >= 11 is 0. The molecule has 0 atom stereocenters. The second-order valence-corrected chi connectivity index (χ2v) is 7.13. The molecule has 0 amide bonds. The number of likely N-dealkylation sites (tertiary alicyclic amines) is 1. The minimum absolute atomic E-state index is 0.0163. The third-order valence-corrected chi connectivity index (χ3v) is 4.86. The second kappa shape index (κ2) is 6.17. The van der Waals surface area contributed by atoms with Crippen LogP contribution in [0, 0.1) is 0 Å². The Hall–Kier alpha value is -1.81. The van der Waals surface area contributed by atoms with E-state index in [1.807, 2.05) is 0 Å². The van der Waals surface area contributed by atoms with Gasteiger partial charge in [-0.15, -0.1) is 0 Å². The van der Waals surface area contributed by atoms with E-state index in [9.17, 15) is 14.9 Å². The van der Waals surface area contributed by atoms with Crippen LogP contribution in [-0.4, -0.2) is 72.6 Å². The Morgan fingerprint density at radius 2 is 2.20 bits per heavy atom. The van der Waals surface area contributed by atoms with Crippen molar-refractivity contribution in [2.45, 2.75) is 24.4 Å². The van der Waals surface area contributed by atoms with E-state index < -0.39 is 13.1 Å². The quantitative estimate of drug-likeness (QED) is 0.616. The Bertz CT molecular complexity index is 689. The van der Waals surface area contributed by atoms with Gasteiger partial charge in [0.2, 0.25) is 0 Å². The fourth-order valence-corrected chi connectivity index (χ4v) is 3.52. The molecule has 0 radical (unpaired) electrons. The number of ether oxygens (including phenoxy) is 2. The SMILES string of the molecule is NC1(CN2CC(Oc3ccc4c(c3C(=O)O)OB(O)CC4)C2)COC1. The first-order valence-corrected chi connectivity index (χ1v) is 8.43. The van der Waals surface area contributed by atoms with E-state index in [2.05, 4.69) is 4.90 Å². The number of hydrogen-bond donors (Lipinski definition) is 3. The number of carboxylic acid groups (broad SMARTS) is 1. The minimum Gasteiger partial charge on any atom is -0.535 e. The average molecular weight is 348 g/mol. The standard InChI is InChI=1S/C16H21BN2O6/c18-16(8-23-9-16)7-19-5-11(6-19)24-12-2-1-10-3-4-17(22)25-14(10)13(12)15(20)21/h1-2,11,22H,3-9,18H2,(H,20,21). The highest BCUT2D eigenvalue weighted by Crippen LogP contribution is 2.37. The van der Waals surface area contributed by atoms with Crippen molar-refractivity contribution in [3.8, 4) is 11.5 Å². The molecule has 3 aliphatic heterocycles. The van der Waals surface area contributed by atoms with Crippen LogP contribution >= 0.6 is 0 Å². The number of rotatable bonds is 5. The van der Waals surface area contributed by atoms with Crippen LogP contribution < -0.4 is 15.1 Å². The van der Waals surface area contributed by atoms with E-state index in [1.54, 1.807) is 12.1 Å². The summed E-state index contributed by atoms with van der Waals surface area (Å²) in [5, 5.41) is 19.3. The second-order valence-electron chi connectivity index (χ2n) is 7.13. The molecule has 3 aliphatic rings. The van der Waals surface area contributed by atoms with Crippen molar-refractivity contribution in [3.63, 3.8) is 0 Å². The van der Waals surface area contributed by atoms with Gasteiger partial charge in [-0.1, -0.05) is 6.07 Å². The predicted molar refractivity (Wildman–Crippen MR) is 89.1 cm³/mol. The van der Waals surface area contributed by atoms with Crippen molar-refractivity contribution < 1.29 is 29.1 Å². The number of hydrogen-bond acceptors (Lipinski definition) is 7. The average Bonchev–Trinajstić information content (AvgIpc) is 2.50. The monoisotopic (exact) mass is 348 g/mol. The van der Waals surface area contributed by atoms with E-state index >= 15 is 0 Å². The van der Waals surface area contributed by atoms with Gasteiger partial charge in [-0.3, -0.25) is 4.90 Å². The number of fused-ring (bicyclic) bond motifs is 1. The third-order valence-electron chi connectivity index (χ3n) is 4.86. The van der Waals surface area contributed by atoms with Gasteiger partial charge in [0.15, 0.2) is 0 Å². The van der Waals surface area contributed by atoms with Gasteiger partial charge in [-0.2, -0.15) is 0 Å². The molecule has 0 unspecified atom stereocenters. The first kappa shape index (κ1) is 16.7. The highest BCUT2D eigenvalue weighted by atomic mass is 16.5. The van der Waals surface area contributed by atoms with Gasteiger partial charge >= 0.3 is 13.1 Å². The van der Waals surface area contributed by atoms with Crippen molar-refractivity contribution in [1.82, 2.24) is 4.90 Å². The number of aromatic carboxylic acids is 1. The van der Waals surface area contributed by atoms with Crippen molar-refractivity contribution in [1.29, 1.82) is 0 Å². The Morgan fingerprint density at radius 3 is 2.84 bits per heavy atom. The van der Waals surface area contributed by atoms with Crippen LogP contribution in [0.1, 0.15) is 15.9 Å². The predicted octanol–water partition coefficient (Wildman–Crippen LogP) is -0.409. The summed E-state index contributed by atoms with van der Waals surface area (Å²) in [6, 6.07) is 3.48. The number of benzene rings is 1. The van der Waals surface area contributed by atoms with Gasteiger partial charge in [0.05, 0.1) is 18.8 Å². The summed E-state index contributed by atoms with van der Waals surface area (Å²) in [4.78, 5) is 13.9. The van der Waals surface area contributed by atoms with Gasteiger partial charge in [0.25, 0.3) is 0 Å². The summed E-state index contributed by atoms with van der Waals surface area (Å²) in [5.41, 5.74) is 6.63. The van der Waals surface area contributed by atoms with Crippen LogP contribution in [0.3, 0.4) is 0 Å². The Kier molecular flexibility index (Phi) is 4.11. The maximum Gasteiger partial charge on any atom is 0.522 e. The van der Waals surface area contributed by atoms with E-state index in [1.165, 1.54) is 0 Å². The topological polar surface area (TPSA) is 114 Å². The normalized spacial score (nSPS) is 22.4. The summed E-state index contributed by atoms with van der Waals surface area (Å²) in [6.45, 7) is 3.28. The zero-order valence-corrected chi connectivity index (χ0v) is 13.8. The summed E-state index contributed by atoms with van der Waals surface area (Å²) in [5.74, 6) is -0.628. The zero-order valence-electron chi connectivity index (χ0n) is 13.8. The van der Waals surface area contributed by atoms with Crippen molar-refractivity contribution in [2.75, 3.05) is 32.8 Å². The molecule has 134 valence electrons. The molecule has 8 nitrogen and oxygen atoms in total. The molecular formula is C16H21BN2O6. The minimum atomic E-state index is -1.12. The van der Waals surface area contributed by atoms with Gasteiger partial charge in [-0.05, 0) is 24.4 Å². The van der Waals surface area contributed by atoms with Crippen molar-refractivity contribution >= 4 is 13.1 Å². The first-order chi connectivity index (χ1) is 11.9. The highest BCUT2D eigenvalue weighted by Gasteiger charge is 2.40. The smallest absolute Gasteiger partial charge is 0.522 e. The number of carbonyl (C=O) groups is 1. The lowest BCUT2D eigenvalue weighted by Crippen LogP contribution is -2.67. The van der Waals surface area contributed by atoms with E-state index in [-0.39, 0.29) is 28.7 Å². The van der Waals surface area contributed by atoms with Crippen LogP contribution in [0.25, 0.3) is 0 Å². The maximum absolute atomic E-state index is 11.7. The van der Waals surface area contributed by atoms with Crippen molar-refractivity contribution in [2.24, 2.45) is 5.73 Å². The molecule has 1 aromatic carbocycles. The molecule has 0 aliphatic carbocycles. The molecule has 0 bridgehead atoms. The maximum atomic E-state index is 11.7. The molecule has 0 saturated carbocycles. The Balaban J connectivity index is 1.44. The van der Waals surface area contributed by atoms with Gasteiger partial charge < -0.3 is 30.0 Å². The van der Waals surface area contributed by atoms with Crippen LogP contribution in [0.15, 0.2) is 12.1 Å². The van der Waals surface area contributed by atoms with Gasteiger partial charge in [0.1, 0.15) is 23.2 Å². The molecular weight excluding hydrogens is 327 g/mol. The van der Waals surface area contributed by atoms with E-state index in [0.717, 1.165) is 12.1 Å². The van der Waals surface area contributed by atoms with Gasteiger partial charge in [0, 0.05) is 19.6 Å². The molecule has 9 heteroatoms. The molecule has 0 aromatic heterocycles. The molecule has 3 heterocycles. The van der Waals surface area contributed by atoms with Crippen molar-refractivity contribution in [3.05, 3.63) is 23.3 Å². The fourth-order valence-electron chi connectivity index (χ4n) is 3.52.